The molecule has 0 aromatic carbocycles. The molecule has 0 heterocycles. The van der Waals surface area contributed by atoms with Crippen molar-refractivity contribution < 1.29 is 0 Å². The quantitative estimate of drug-likeness (QED) is 0.351. The first-order valence-corrected chi connectivity index (χ1v) is 4.86. The van der Waals surface area contributed by atoms with E-state index in [4.69, 9.17) is 0 Å². The molecule has 0 radical (unpaired) electrons. The van der Waals surface area contributed by atoms with Gasteiger partial charge in [0.15, 0.2) is 0 Å². The highest BCUT2D eigenvalue weighted by molar-refractivity contribution is 9.09. The first-order chi connectivity index (χ1) is 4.91. The van der Waals surface area contributed by atoms with Crippen LogP contribution in [0.25, 0.3) is 0 Å². The minimum Gasteiger partial charge on any atom is -0.103 e. The van der Waals surface area contributed by atoms with Crippen molar-refractivity contribution >= 4 is 15.9 Å². The number of rotatable bonds is 6. The Kier molecular flexibility index (Phi) is 8.92. The van der Waals surface area contributed by atoms with Crippen LogP contribution in [-0.2, 0) is 0 Å². The average molecular weight is 203 g/mol. The molecule has 0 aliphatic carbocycles. The van der Waals surface area contributed by atoms with Crippen molar-refractivity contribution in [2.24, 2.45) is 0 Å². The fourth-order valence-electron chi connectivity index (χ4n) is 0.679. The summed E-state index contributed by atoms with van der Waals surface area (Å²) in [5, 5.41) is 1.07. The van der Waals surface area contributed by atoms with E-state index in [1.165, 1.54) is 12.8 Å². The Bertz CT molecular complexity index is 94.9. The van der Waals surface area contributed by atoms with Crippen LogP contribution < -0.4 is 0 Å². The highest BCUT2D eigenvalue weighted by atomic mass is 79.9. The molecule has 0 aromatic heterocycles. The molecule has 0 saturated heterocycles. The van der Waals surface area contributed by atoms with E-state index in [0.717, 1.165) is 18.2 Å². The standard InChI is InChI=1S/C9H15Br/c1-2-3-4-5-6-7-8-9-10/h2,6-7H,1,3-5,8-9H2. The zero-order valence-corrected chi connectivity index (χ0v) is 7.94. The molecule has 0 amide bonds. The Balaban J connectivity index is 2.94. The minimum absolute atomic E-state index is 1.07. The summed E-state index contributed by atoms with van der Waals surface area (Å²) in [5.74, 6) is 0. The van der Waals surface area contributed by atoms with Crippen LogP contribution in [0.5, 0.6) is 0 Å². The lowest BCUT2D eigenvalue weighted by molar-refractivity contribution is 0.866. The van der Waals surface area contributed by atoms with Gasteiger partial charge in [0, 0.05) is 5.33 Å². The maximum atomic E-state index is 3.66. The van der Waals surface area contributed by atoms with E-state index in [1.54, 1.807) is 0 Å². The fourth-order valence-corrected chi connectivity index (χ4v) is 0.943. The lowest BCUT2D eigenvalue weighted by Gasteiger charge is -1.88. The molecule has 0 nitrogen and oxygen atoms in total. The van der Waals surface area contributed by atoms with Crippen LogP contribution in [0.4, 0.5) is 0 Å². The van der Waals surface area contributed by atoms with Gasteiger partial charge in [-0.2, -0.15) is 0 Å². The molecule has 0 aromatic rings. The van der Waals surface area contributed by atoms with Gasteiger partial charge in [-0.05, 0) is 25.7 Å². The molecule has 0 unspecified atom stereocenters. The number of unbranched alkanes of at least 4 members (excludes halogenated alkanes) is 2. The topological polar surface area (TPSA) is 0 Å². The second-order valence-corrected chi connectivity index (χ2v) is 2.96. The van der Waals surface area contributed by atoms with Crippen LogP contribution in [0.3, 0.4) is 0 Å². The van der Waals surface area contributed by atoms with Gasteiger partial charge in [-0.1, -0.05) is 34.2 Å². The van der Waals surface area contributed by atoms with Crippen LogP contribution in [-0.4, -0.2) is 5.33 Å². The highest BCUT2D eigenvalue weighted by Crippen LogP contribution is 1.98. The zero-order chi connectivity index (χ0) is 7.66. The van der Waals surface area contributed by atoms with E-state index in [0.29, 0.717) is 0 Å². The van der Waals surface area contributed by atoms with E-state index in [9.17, 15) is 0 Å². The Morgan fingerprint density at radius 1 is 1.10 bits per heavy atom. The van der Waals surface area contributed by atoms with E-state index in [1.807, 2.05) is 6.08 Å². The van der Waals surface area contributed by atoms with Gasteiger partial charge in [0.1, 0.15) is 0 Å². The fraction of sp³-hybridized carbons (Fsp3) is 0.556. The molecule has 0 aliphatic heterocycles. The van der Waals surface area contributed by atoms with Gasteiger partial charge in [-0.25, -0.2) is 0 Å². The molecular formula is C9H15Br. The van der Waals surface area contributed by atoms with E-state index in [-0.39, 0.29) is 0 Å². The molecule has 58 valence electrons. The zero-order valence-electron chi connectivity index (χ0n) is 6.35. The Labute approximate surface area is 72.1 Å². The summed E-state index contributed by atoms with van der Waals surface area (Å²) >= 11 is 3.36. The summed E-state index contributed by atoms with van der Waals surface area (Å²) in [6.07, 6.45) is 11.1. The van der Waals surface area contributed by atoms with Gasteiger partial charge in [0.05, 0.1) is 0 Å². The Morgan fingerprint density at radius 3 is 2.40 bits per heavy atom. The van der Waals surface area contributed by atoms with Crippen molar-refractivity contribution in [2.45, 2.75) is 25.7 Å². The smallest absolute Gasteiger partial charge is 0.00659 e. The second-order valence-electron chi connectivity index (χ2n) is 2.17. The van der Waals surface area contributed by atoms with Crippen molar-refractivity contribution in [3.63, 3.8) is 0 Å². The number of halogens is 1. The highest BCUT2D eigenvalue weighted by Gasteiger charge is 1.78. The summed E-state index contributed by atoms with van der Waals surface area (Å²) < 4.78 is 0. The molecule has 1 heteroatoms. The largest absolute Gasteiger partial charge is 0.103 e. The molecule has 10 heavy (non-hydrogen) atoms. The van der Waals surface area contributed by atoms with Crippen molar-refractivity contribution in [3.8, 4) is 0 Å². The molecule has 0 atom stereocenters. The summed E-state index contributed by atoms with van der Waals surface area (Å²) in [4.78, 5) is 0. The first kappa shape index (κ1) is 9.96. The molecule has 0 spiro atoms. The van der Waals surface area contributed by atoms with Crippen molar-refractivity contribution in [1.82, 2.24) is 0 Å². The third-order valence-electron chi connectivity index (χ3n) is 1.22. The van der Waals surface area contributed by atoms with Crippen LogP contribution >= 0.6 is 15.9 Å². The molecule has 0 saturated carbocycles. The van der Waals surface area contributed by atoms with Gasteiger partial charge >= 0.3 is 0 Å². The molecule has 0 rings (SSSR count). The molecule has 0 fully saturated rings. The van der Waals surface area contributed by atoms with Gasteiger partial charge < -0.3 is 0 Å². The number of alkyl halides is 1. The first-order valence-electron chi connectivity index (χ1n) is 3.73. The summed E-state index contributed by atoms with van der Waals surface area (Å²) in [5.41, 5.74) is 0. The minimum atomic E-state index is 1.07. The maximum Gasteiger partial charge on any atom is 0.00659 e. The van der Waals surface area contributed by atoms with Crippen LogP contribution in [0.15, 0.2) is 24.8 Å². The average Bonchev–Trinajstić information content (AvgIpc) is 1.97. The van der Waals surface area contributed by atoms with Crippen LogP contribution in [0.2, 0.25) is 0 Å². The lowest BCUT2D eigenvalue weighted by atomic mass is 10.2. The number of allylic oxidation sites excluding steroid dienone is 3. The number of hydrogen-bond acceptors (Lipinski definition) is 0. The predicted octanol–water partition coefficient (Wildman–Crippen LogP) is 3.68. The number of hydrogen-bond donors (Lipinski definition) is 0. The summed E-state index contributed by atoms with van der Waals surface area (Å²) in [6.45, 7) is 3.66. The Hall–Kier alpha value is -0.0400. The summed E-state index contributed by atoms with van der Waals surface area (Å²) in [6, 6.07) is 0. The van der Waals surface area contributed by atoms with Gasteiger partial charge in [0.25, 0.3) is 0 Å². The normalized spacial score (nSPS) is 10.5. The van der Waals surface area contributed by atoms with E-state index >= 15 is 0 Å². The monoisotopic (exact) mass is 202 g/mol. The van der Waals surface area contributed by atoms with Gasteiger partial charge in [0.2, 0.25) is 0 Å². The predicted molar refractivity (Wildman–Crippen MR) is 51.6 cm³/mol. The molecule has 0 aliphatic rings. The second kappa shape index (κ2) is 8.96. The van der Waals surface area contributed by atoms with Gasteiger partial charge in [-0.3, -0.25) is 0 Å². The van der Waals surface area contributed by atoms with Crippen molar-refractivity contribution in [2.75, 3.05) is 5.33 Å². The third-order valence-corrected chi connectivity index (χ3v) is 1.68. The molecular weight excluding hydrogens is 188 g/mol. The maximum absolute atomic E-state index is 3.66. The third kappa shape index (κ3) is 7.96. The van der Waals surface area contributed by atoms with E-state index in [2.05, 4.69) is 34.7 Å². The summed E-state index contributed by atoms with van der Waals surface area (Å²) in [7, 11) is 0. The van der Waals surface area contributed by atoms with Crippen molar-refractivity contribution in [1.29, 1.82) is 0 Å². The molecule has 0 N–H and O–H groups in total. The van der Waals surface area contributed by atoms with Gasteiger partial charge in [-0.15, -0.1) is 6.58 Å². The lowest BCUT2D eigenvalue weighted by Crippen LogP contribution is -1.69. The Morgan fingerprint density at radius 2 is 1.80 bits per heavy atom. The van der Waals surface area contributed by atoms with Crippen molar-refractivity contribution in [3.05, 3.63) is 24.8 Å². The van der Waals surface area contributed by atoms with Crippen LogP contribution in [0, 0.1) is 0 Å². The van der Waals surface area contributed by atoms with Crippen LogP contribution in [0.1, 0.15) is 25.7 Å². The SMILES string of the molecule is C=CCCCC=CCCBr. The van der Waals surface area contributed by atoms with E-state index < -0.39 is 0 Å². The molecule has 0 bridgehead atoms.